The largest absolute Gasteiger partial charge is 0.383 e. The van der Waals surface area contributed by atoms with E-state index in [9.17, 15) is 4.79 Å². The fraction of sp³-hybridized carbons (Fsp3) is 0.500. The summed E-state index contributed by atoms with van der Waals surface area (Å²) in [4.78, 5) is 15.5. The number of hydrogen-bond acceptors (Lipinski definition) is 3. The van der Waals surface area contributed by atoms with Crippen molar-refractivity contribution in [3.8, 4) is 0 Å². The van der Waals surface area contributed by atoms with Gasteiger partial charge in [0.15, 0.2) is 0 Å². The lowest BCUT2D eigenvalue weighted by Gasteiger charge is -2.23. The Morgan fingerprint density at radius 1 is 1.53 bits per heavy atom. The topological polar surface area (TPSA) is 56.0 Å². The molecule has 1 saturated carbocycles. The third-order valence-corrected chi connectivity index (χ3v) is 3.13. The normalized spacial score (nSPS) is 21.7. The van der Waals surface area contributed by atoms with Crippen LogP contribution in [-0.2, 0) is 4.79 Å². The maximum Gasteiger partial charge on any atom is 0.133 e. The third kappa shape index (κ3) is 2.01. The number of rotatable bonds is 1. The molecule has 3 nitrogen and oxygen atoms in total. The molecule has 1 fully saturated rings. The van der Waals surface area contributed by atoms with Crippen LogP contribution in [-0.4, -0.2) is 10.8 Å². The summed E-state index contributed by atoms with van der Waals surface area (Å²) in [5.74, 6) is 1.24. The van der Waals surface area contributed by atoms with Crippen molar-refractivity contribution in [1.82, 2.24) is 4.98 Å². The lowest BCUT2D eigenvalue weighted by Crippen LogP contribution is -2.16. The fourth-order valence-corrected chi connectivity index (χ4v) is 2.39. The summed E-state index contributed by atoms with van der Waals surface area (Å²) in [6.45, 7) is 2.03. The van der Waals surface area contributed by atoms with E-state index in [2.05, 4.69) is 4.98 Å². The van der Waals surface area contributed by atoms with Crippen LogP contribution in [0.15, 0.2) is 12.3 Å². The summed E-state index contributed by atoms with van der Waals surface area (Å²) < 4.78 is 0. The standard InChI is InChI=1S/C12H16N2O/c1-8-5-6-14-12(13)11(8)9-3-2-4-10(15)7-9/h5-6,9H,2-4,7H2,1H3,(H2,13,14). The Bertz CT molecular complexity index is 367. The number of nitrogens with zero attached hydrogens (tertiary/aromatic N) is 1. The SMILES string of the molecule is Cc1ccnc(N)c1C1CCCC(=O)C1. The van der Waals surface area contributed by atoms with E-state index in [-0.39, 0.29) is 0 Å². The van der Waals surface area contributed by atoms with Crippen molar-refractivity contribution >= 4 is 11.6 Å². The smallest absolute Gasteiger partial charge is 0.133 e. The second-order valence-electron chi connectivity index (χ2n) is 4.26. The molecule has 2 N–H and O–H groups in total. The number of Topliss-reactive ketones (excluding diaryl/α,β-unsaturated/α-hetero) is 1. The minimum absolute atomic E-state index is 0.292. The Kier molecular flexibility index (Phi) is 2.71. The minimum Gasteiger partial charge on any atom is -0.383 e. The van der Waals surface area contributed by atoms with Crippen LogP contribution < -0.4 is 5.73 Å². The lowest BCUT2D eigenvalue weighted by molar-refractivity contribution is -0.120. The number of carbonyl (C=O) groups is 1. The second-order valence-corrected chi connectivity index (χ2v) is 4.26. The zero-order valence-electron chi connectivity index (χ0n) is 8.99. The van der Waals surface area contributed by atoms with Gasteiger partial charge in [-0.25, -0.2) is 4.98 Å². The highest BCUT2D eigenvalue weighted by atomic mass is 16.1. The first-order chi connectivity index (χ1) is 7.18. The number of nitrogens with two attached hydrogens (primary N) is 1. The first kappa shape index (κ1) is 10.1. The molecular formula is C12H16N2O. The summed E-state index contributed by atoms with van der Waals surface area (Å²) in [6.07, 6.45) is 5.13. The molecule has 0 bridgehead atoms. The zero-order valence-corrected chi connectivity index (χ0v) is 8.99. The van der Waals surface area contributed by atoms with Crippen LogP contribution in [0, 0.1) is 6.92 Å². The summed E-state index contributed by atoms with van der Waals surface area (Å²) in [5.41, 5.74) is 8.12. The Morgan fingerprint density at radius 3 is 3.00 bits per heavy atom. The van der Waals surface area contributed by atoms with E-state index in [0.717, 1.165) is 30.4 Å². The molecule has 15 heavy (non-hydrogen) atoms. The van der Waals surface area contributed by atoms with Crippen LogP contribution >= 0.6 is 0 Å². The number of hydrogen-bond donors (Lipinski definition) is 1. The molecule has 0 spiro atoms. The molecule has 3 heteroatoms. The molecule has 0 saturated heterocycles. The number of aromatic nitrogens is 1. The predicted octanol–water partition coefficient (Wildman–Crippen LogP) is 2.20. The van der Waals surface area contributed by atoms with Gasteiger partial charge in [0.25, 0.3) is 0 Å². The number of aryl methyl sites for hydroxylation is 1. The third-order valence-electron chi connectivity index (χ3n) is 3.13. The van der Waals surface area contributed by atoms with E-state index in [1.165, 1.54) is 0 Å². The molecule has 0 amide bonds. The Morgan fingerprint density at radius 2 is 2.33 bits per heavy atom. The van der Waals surface area contributed by atoms with E-state index in [1.807, 2.05) is 13.0 Å². The number of anilines is 1. The summed E-state index contributed by atoms with van der Waals surface area (Å²) in [6, 6.07) is 1.96. The van der Waals surface area contributed by atoms with Gasteiger partial charge in [0, 0.05) is 24.6 Å². The predicted molar refractivity (Wildman–Crippen MR) is 59.6 cm³/mol. The van der Waals surface area contributed by atoms with Gasteiger partial charge in [0.1, 0.15) is 11.6 Å². The molecule has 1 atom stereocenters. The van der Waals surface area contributed by atoms with Gasteiger partial charge in [-0.2, -0.15) is 0 Å². The van der Waals surface area contributed by atoms with E-state index < -0.39 is 0 Å². The molecule has 0 radical (unpaired) electrons. The van der Waals surface area contributed by atoms with Gasteiger partial charge < -0.3 is 5.73 Å². The average Bonchev–Trinajstić information content (AvgIpc) is 2.17. The van der Waals surface area contributed by atoms with Crippen molar-refractivity contribution in [3.05, 3.63) is 23.4 Å². The molecule has 80 valence electrons. The first-order valence-electron chi connectivity index (χ1n) is 5.41. The van der Waals surface area contributed by atoms with Crippen LogP contribution in [0.1, 0.15) is 42.7 Å². The second kappa shape index (κ2) is 4.01. The van der Waals surface area contributed by atoms with Gasteiger partial charge in [-0.15, -0.1) is 0 Å². The molecule has 0 aliphatic heterocycles. The van der Waals surface area contributed by atoms with Crippen LogP contribution in [0.2, 0.25) is 0 Å². The highest BCUT2D eigenvalue weighted by molar-refractivity contribution is 5.80. The fourth-order valence-electron chi connectivity index (χ4n) is 2.39. The van der Waals surface area contributed by atoms with Gasteiger partial charge in [0.05, 0.1) is 0 Å². The molecule has 1 aromatic heterocycles. The highest BCUT2D eigenvalue weighted by Gasteiger charge is 2.24. The van der Waals surface area contributed by atoms with E-state index in [4.69, 9.17) is 5.73 Å². The Labute approximate surface area is 89.7 Å². The van der Waals surface area contributed by atoms with Crippen molar-refractivity contribution < 1.29 is 4.79 Å². The number of pyridine rings is 1. The zero-order chi connectivity index (χ0) is 10.8. The minimum atomic E-state index is 0.292. The monoisotopic (exact) mass is 204 g/mol. The summed E-state index contributed by atoms with van der Waals surface area (Å²) in [5, 5.41) is 0. The quantitative estimate of drug-likeness (QED) is 0.763. The maximum atomic E-state index is 11.4. The van der Waals surface area contributed by atoms with Crippen molar-refractivity contribution in [3.63, 3.8) is 0 Å². The summed E-state index contributed by atoms with van der Waals surface area (Å²) >= 11 is 0. The summed E-state index contributed by atoms with van der Waals surface area (Å²) in [7, 11) is 0. The van der Waals surface area contributed by atoms with E-state index in [0.29, 0.717) is 23.9 Å². The molecule has 2 rings (SSSR count). The lowest BCUT2D eigenvalue weighted by atomic mass is 9.82. The Balaban J connectivity index is 2.32. The van der Waals surface area contributed by atoms with Gasteiger partial charge in [-0.05, 0) is 37.3 Å². The van der Waals surface area contributed by atoms with Crippen molar-refractivity contribution in [1.29, 1.82) is 0 Å². The molecule has 1 heterocycles. The number of nitrogen functional groups attached to an aromatic ring is 1. The molecular weight excluding hydrogens is 188 g/mol. The van der Waals surface area contributed by atoms with Crippen LogP contribution in [0.3, 0.4) is 0 Å². The van der Waals surface area contributed by atoms with Crippen molar-refractivity contribution in [2.24, 2.45) is 0 Å². The van der Waals surface area contributed by atoms with Gasteiger partial charge >= 0.3 is 0 Å². The first-order valence-corrected chi connectivity index (χ1v) is 5.41. The Hall–Kier alpha value is -1.38. The van der Waals surface area contributed by atoms with Gasteiger partial charge in [0.2, 0.25) is 0 Å². The van der Waals surface area contributed by atoms with Crippen LogP contribution in [0.25, 0.3) is 0 Å². The molecule has 1 aromatic rings. The highest BCUT2D eigenvalue weighted by Crippen LogP contribution is 2.34. The van der Waals surface area contributed by atoms with Gasteiger partial charge in [-0.1, -0.05) is 0 Å². The van der Waals surface area contributed by atoms with Crippen molar-refractivity contribution in [2.75, 3.05) is 5.73 Å². The van der Waals surface area contributed by atoms with E-state index >= 15 is 0 Å². The molecule has 0 aromatic carbocycles. The average molecular weight is 204 g/mol. The molecule has 1 unspecified atom stereocenters. The van der Waals surface area contributed by atoms with Gasteiger partial charge in [-0.3, -0.25) is 4.79 Å². The van der Waals surface area contributed by atoms with Crippen LogP contribution in [0.4, 0.5) is 5.82 Å². The number of ketones is 1. The number of carbonyl (C=O) groups excluding carboxylic acids is 1. The van der Waals surface area contributed by atoms with E-state index in [1.54, 1.807) is 6.20 Å². The van der Waals surface area contributed by atoms with Crippen LogP contribution in [0.5, 0.6) is 0 Å². The molecule has 1 aliphatic carbocycles. The maximum absolute atomic E-state index is 11.4. The molecule has 1 aliphatic rings. The van der Waals surface area contributed by atoms with Crippen molar-refractivity contribution in [2.45, 2.75) is 38.5 Å².